The molecule has 1 amide bonds. The number of H-pyrrole nitrogens is 1. The van der Waals surface area contributed by atoms with Gasteiger partial charge in [0.25, 0.3) is 5.91 Å². The van der Waals surface area contributed by atoms with Gasteiger partial charge in [-0.3, -0.25) is 9.89 Å². The van der Waals surface area contributed by atoms with Gasteiger partial charge in [-0.2, -0.15) is 5.10 Å². The van der Waals surface area contributed by atoms with E-state index in [1.54, 1.807) is 18.2 Å². The summed E-state index contributed by atoms with van der Waals surface area (Å²) in [5.74, 6) is 0.702. The van der Waals surface area contributed by atoms with E-state index in [-0.39, 0.29) is 5.91 Å². The molecule has 2 N–H and O–H groups in total. The molecule has 0 bridgehead atoms. The highest BCUT2D eigenvalue weighted by molar-refractivity contribution is 7.71. The Bertz CT molecular complexity index is 882. The van der Waals surface area contributed by atoms with E-state index in [4.69, 9.17) is 12.2 Å². The van der Waals surface area contributed by atoms with Crippen molar-refractivity contribution >= 4 is 18.1 Å². The molecule has 3 aromatic rings. The number of tetrazole rings is 1. The van der Waals surface area contributed by atoms with Crippen LogP contribution in [-0.4, -0.2) is 47.4 Å². The molecule has 2 heterocycles. The standard InChI is InChI=1S/C14H16N8OS/c1-2-12-17-18-14(24)21(12)7-6-15-13(23)10-4-3-5-11(8-10)22-9-16-19-20-22/h3-5,8-9H,2,6-7H2,1H3,(H,15,23)(H,18,24). The SMILES string of the molecule is CCc1n[nH]c(=S)n1CCNC(=O)c1cccc(-n2cnnn2)c1. The minimum Gasteiger partial charge on any atom is -0.350 e. The average molecular weight is 344 g/mol. The molecule has 0 aliphatic carbocycles. The smallest absolute Gasteiger partial charge is 0.251 e. The van der Waals surface area contributed by atoms with Crippen molar-refractivity contribution in [1.82, 2.24) is 40.3 Å². The maximum absolute atomic E-state index is 12.3. The number of hydrogen-bond acceptors (Lipinski definition) is 6. The number of nitrogens with one attached hydrogen (secondary N) is 2. The molecule has 0 unspecified atom stereocenters. The maximum Gasteiger partial charge on any atom is 0.251 e. The van der Waals surface area contributed by atoms with Gasteiger partial charge in [0.05, 0.1) is 5.69 Å². The Kier molecular flexibility index (Phi) is 4.75. The highest BCUT2D eigenvalue weighted by Gasteiger charge is 2.08. The molecule has 0 fully saturated rings. The van der Waals surface area contributed by atoms with E-state index in [2.05, 4.69) is 31.0 Å². The third-order valence-electron chi connectivity index (χ3n) is 3.50. The van der Waals surface area contributed by atoms with Gasteiger partial charge >= 0.3 is 0 Å². The van der Waals surface area contributed by atoms with Crippen LogP contribution in [0.25, 0.3) is 5.69 Å². The van der Waals surface area contributed by atoms with Crippen molar-refractivity contribution in [2.75, 3.05) is 6.54 Å². The summed E-state index contributed by atoms with van der Waals surface area (Å²) in [6.07, 6.45) is 2.25. The van der Waals surface area contributed by atoms with E-state index < -0.39 is 0 Å². The molecule has 3 rings (SSSR count). The first kappa shape index (κ1) is 16.0. The van der Waals surface area contributed by atoms with Crippen LogP contribution in [0.2, 0.25) is 0 Å². The Balaban J connectivity index is 1.64. The zero-order chi connectivity index (χ0) is 16.9. The lowest BCUT2D eigenvalue weighted by Crippen LogP contribution is -2.27. The number of hydrogen-bond donors (Lipinski definition) is 2. The van der Waals surface area contributed by atoms with E-state index >= 15 is 0 Å². The second-order valence-electron chi connectivity index (χ2n) is 5.01. The Morgan fingerprint density at radius 1 is 1.42 bits per heavy atom. The number of carbonyl (C=O) groups excluding carboxylic acids is 1. The van der Waals surface area contributed by atoms with Crippen LogP contribution in [0.5, 0.6) is 0 Å². The van der Waals surface area contributed by atoms with Crippen molar-refractivity contribution in [3.8, 4) is 5.69 Å². The van der Waals surface area contributed by atoms with Crippen LogP contribution >= 0.6 is 12.2 Å². The highest BCUT2D eigenvalue weighted by atomic mass is 32.1. The summed E-state index contributed by atoms with van der Waals surface area (Å²) >= 11 is 5.19. The molecule has 2 aromatic heterocycles. The van der Waals surface area contributed by atoms with Gasteiger partial charge in [-0.05, 0) is 40.8 Å². The molecule has 0 aliphatic heterocycles. The molecule has 0 atom stereocenters. The number of carbonyl (C=O) groups is 1. The summed E-state index contributed by atoms with van der Waals surface area (Å²) in [5, 5.41) is 20.8. The fraction of sp³-hybridized carbons (Fsp3) is 0.286. The van der Waals surface area contributed by atoms with Crippen molar-refractivity contribution in [2.24, 2.45) is 0 Å². The van der Waals surface area contributed by atoms with Crippen molar-refractivity contribution in [1.29, 1.82) is 0 Å². The Hall–Kier alpha value is -2.88. The molecular weight excluding hydrogens is 328 g/mol. The van der Waals surface area contributed by atoms with E-state index in [0.29, 0.717) is 23.4 Å². The number of amides is 1. The molecule has 9 nitrogen and oxygen atoms in total. The van der Waals surface area contributed by atoms with E-state index in [0.717, 1.165) is 17.9 Å². The predicted molar refractivity (Wildman–Crippen MR) is 88.3 cm³/mol. The van der Waals surface area contributed by atoms with Crippen LogP contribution in [0.3, 0.4) is 0 Å². The fourth-order valence-electron chi connectivity index (χ4n) is 2.30. The normalized spacial score (nSPS) is 10.7. The zero-order valence-electron chi connectivity index (χ0n) is 13.0. The van der Waals surface area contributed by atoms with Gasteiger partial charge in [-0.25, -0.2) is 4.68 Å². The Morgan fingerprint density at radius 2 is 2.29 bits per heavy atom. The minimum absolute atomic E-state index is 0.169. The van der Waals surface area contributed by atoms with Crippen LogP contribution in [0, 0.1) is 4.77 Å². The van der Waals surface area contributed by atoms with E-state index in [1.807, 2.05) is 17.6 Å². The van der Waals surface area contributed by atoms with Gasteiger partial charge in [-0.1, -0.05) is 13.0 Å². The average Bonchev–Trinajstić information content (AvgIpc) is 3.25. The topological polar surface area (TPSA) is 106 Å². The zero-order valence-corrected chi connectivity index (χ0v) is 13.8. The first-order valence-corrected chi connectivity index (χ1v) is 7.85. The van der Waals surface area contributed by atoms with Crippen molar-refractivity contribution < 1.29 is 4.79 Å². The number of rotatable bonds is 6. The summed E-state index contributed by atoms with van der Waals surface area (Å²) in [7, 11) is 0. The summed E-state index contributed by atoms with van der Waals surface area (Å²) < 4.78 is 3.93. The van der Waals surface area contributed by atoms with Gasteiger partial charge in [0, 0.05) is 25.1 Å². The fourth-order valence-corrected chi connectivity index (χ4v) is 2.55. The maximum atomic E-state index is 12.3. The van der Waals surface area contributed by atoms with Gasteiger partial charge in [0.1, 0.15) is 12.2 Å². The quantitative estimate of drug-likeness (QED) is 0.644. The van der Waals surface area contributed by atoms with Crippen LogP contribution in [0.15, 0.2) is 30.6 Å². The molecule has 24 heavy (non-hydrogen) atoms. The number of benzene rings is 1. The third-order valence-corrected chi connectivity index (χ3v) is 3.81. The molecule has 0 saturated heterocycles. The van der Waals surface area contributed by atoms with Crippen LogP contribution in [0.4, 0.5) is 0 Å². The molecule has 0 radical (unpaired) electrons. The monoisotopic (exact) mass is 344 g/mol. The number of nitrogens with zero attached hydrogens (tertiary/aromatic N) is 6. The second kappa shape index (κ2) is 7.13. The molecule has 0 saturated carbocycles. The van der Waals surface area contributed by atoms with Crippen LogP contribution < -0.4 is 5.32 Å². The summed E-state index contributed by atoms with van der Waals surface area (Å²) in [6.45, 7) is 3.02. The first-order chi connectivity index (χ1) is 11.7. The molecule has 124 valence electrons. The highest BCUT2D eigenvalue weighted by Crippen LogP contribution is 2.08. The molecule has 0 aliphatic rings. The number of aromatic amines is 1. The number of aryl methyl sites for hydroxylation is 1. The Morgan fingerprint density at radius 3 is 3.04 bits per heavy atom. The minimum atomic E-state index is -0.169. The van der Waals surface area contributed by atoms with E-state index in [9.17, 15) is 4.79 Å². The lowest BCUT2D eigenvalue weighted by Gasteiger charge is -2.08. The molecular formula is C14H16N8OS. The van der Waals surface area contributed by atoms with Gasteiger partial charge in [-0.15, -0.1) is 5.10 Å². The van der Waals surface area contributed by atoms with Crippen molar-refractivity contribution in [2.45, 2.75) is 19.9 Å². The van der Waals surface area contributed by atoms with Crippen LogP contribution in [0.1, 0.15) is 23.1 Å². The van der Waals surface area contributed by atoms with Crippen molar-refractivity contribution in [3.63, 3.8) is 0 Å². The van der Waals surface area contributed by atoms with Crippen molar-refractivity contribution in [3.05, 3.63) is 46.8 Å². The van der Waals surface area contributed by atoms with Crippen LogP contribution in [-0.2, 0) is 13.0 Å². The third kappa shape index (κ3) is 3.38. The van der Waals surface area contributed by atoms with Gasteiger partial charge < -0.3 is 9.88 Å². The summed E-state index contributed by atoms with van der Waals surface area (Å²) in [5.41, 5.74) is 1.26. The molecule has 0 spiro atoms. The van der Waals surface area contributed by atoms with Gasteiger partial charge in [0.15, 0.2) is 4.77 Å². The predicted octanol–water partition coefficient (Wildman–Crippen LogP) is 0.909. The second-order valence-corrected chi connectivity index (χ2v) is 5.40. The van der Waals surface area contributed by atoms with E-state index in [1.165, 1.54) is 11.0 Å². The first-order valence-electron chi connectivity index (χ1n) is 7.44. The lowest BCUT2D eigenvalue weighted by atomic mass is 10.2. The number of aromatic nitrogens is 7. The summed E-state index contributed by atoms with van der Waals surface area (Å²) in [4.78, 5) is 12.3. The molecule has 1 aromatic carbocycles. The largest absolute Gasteiger partial charge is 0.350 e. The molecule has 10 heteroatoms. The van der Waals surface area contributed by atoms with Gasteiger partial charge in [0.2, 0.25) is 0 Å². The summed E-state index contributed by atoms with van der Waals surface area (Å²) in [6, 6.07) is 7.08. The Labute approximate surface area is 142 Å². The lowest BCUT2D eigenvalue weighted by molar-refractivity contribution is 0.0952.